The molecule has 0 aromatic rings. The molecule has 1 amide bonds. The molecule has 1 spiro atoms. The molecule has 0 bridgehead atoms. The number of likely N-dealkylation sites (tertiary alicyclic amines) is 2. The number of carbonyl (C=O) groups is 1. The van der Waals surface area contributed by atoms with Gasteiger partial charge in [0.25, 0.3) is 0 Å². The summed E-state index contributed by atoms with van der Waals surface area (Å²) in [4.78, 5) is 16.7. The van der Waals surface area contributed by atoms with Crippen LogP contribution in [0.5, 0.6) is 0 Å². The summed E-state index contributed by atoms with van der Waals surface area (Å²) in [6.07, 6.45) is 7.43. The summed E-state index contributed by atoms with van der Waals surface area (Å²) in [6, 6.07) is 0. The van der Waals surface area contributed by atoms with Crippen molar-refractivity contribution in [3.63, 3.8) is 0 Å². The van der Waals surface area contributed by atoms with Crippen LogP contribution in [0, 0.1) is 0 Å². The first-order chi connectivity index (χ1) is 10.3. The van der Waals surface area contributed by atoms with Crippen molar-refractivity contribution in [3.8, 4) is 0 Å². The second-order valence-electron chi connectivity index (χ2n) is 6.49. The summed E-state index contributed by atoms with van der Waals surface area (Å²) >= 11 is 0. The van der Waals surface area contributed by atoms with E-state index in [2.05, 4.69) is 9.80 Å². The summed E-state index contributed by atoms with van der Waals surface area (Å²) in [5, 5.41) is 0. The van der Waals surface area contributed by atoms with E-state index in [4.69, 9.17) is 9.47 Å². The van der Waals surface area contributed by atoms with Crippen LogP contribution in [-0.2, 0) is 14.3 Å². The molecule has 0 aromatic carbocycles. The van der Waals surface area contributed by atoms with Gasteiger partial charge in [-0.25, -0.2) is 0 Å². The molecular weight excluding hydrogens is 268 g/mol. The molecular formula is C16H28N2O3. The van der Waals surface area contributed by atoms with Crippen molar-refractivity contribution in [2.24, 2.45) is 0 Å². The molecule has 3 aliphatic rings. The third kappa shape index (κ3) is 3.96. The number of rotatable bonds is 3. The van der Waals surface area contributed by atoms with Gasteiger partial charge in [-0.2, -0.15) is 0 Å². The minimum absolute atomic E-state index is 0.300. The largest absolute Gasteiger partial charge is 0.347 e. The average molecular weight is 296 g/mol. The Hall–Kier alpha value is -0.650. The topological polar surface area (TPSA) is 42.0 Å². The third-order valence-electron chi connectivity index (χ3n) is 5.03. The number of hydrogen-bond donors (Lipinski definition) is 0. The molecule has 0 N–H and O–H groups in total. The van der Waals surface area contributed by atoms with E-state index in [1.165, 1.54) is 25.7 Å². The van der Waals surface area contributed by atoms with Gasteiger partial charge in [-0.3, -0.25) is 4.79 Å². The summed E-state index contributed by atoms with van der Waals surface area (Å²) in [5.74, 6) is 0.0382. The molecule has 3 rings (SSSR count). The molecule has 3 heterocycles. The van der Waals surface area contributed by atoms with E-state index >= 15 is 0 Å². The van der Waals surface area contributed by atoms with Crippen molar-refractivity contribution in [3.05, 3.63) is 0 Å². The first-order valence-electron chi connectivity index (χ1n) is 8.56. The lowest BCUT2D eigenvalue weighted by atomic mass is 10.0. The highest BCUT2D eigenvalue weighted by Crippen LogP contribution is 2.31. The van der Waals surface area contributed by atoms with E-state index in [0.717, 1.165) is 58.8 Å². The maximum Gasteiger partial charge on any atom is 0.223 e. The SMILES string of the molecule is O=C(CCN1CCC2(CC1)OCCO2)N1CCCCCC1. The van der Waals surface area contributed by atoms with E-state index in [0.29, 0.717) is 12.3 Å². The van der Waals surface area contributed by atoms with Crippen LogP contribution in [0.15, 0.2) is 0 Å². The minimum atomic E-state index is -0.300. The Kier molecular flexibility index (Phi) is 5.14. The van der Waals surface area contributed by atoms with Gasteiger partial charge in [-0.15, -0.1) is 0 Å². The fourth-order valence-corrected chi connectivity index (χ4v) is 3.63. The first kappa shape index (κ1) is 15.3. The lowest BCUT2D eigenvalue weighted by Gasteiger charge is -2.37. The van der Waals surface area contributed by atoms with Gasteiger partial charge in [0, 0.05) is 52.0 Å². The zero-order chi connectivity index (χ0) is 14.5. The van der Waals surface area contributed by atoms with Crippen LogP contribution in [0.2, 0.25) is 0 Å². The Morgan fingerprint density at radius 1 is 0.905 bits per heavy atom. The van der Waals surface area contributed by atoms with E-state index in [1.54, 1.807) is 0 Å². The number of nitrogens with zero attached hydrogens (tertiary/aromatic N) is 2. The number of amides is 1. The van der Waals surface area contributed by atoms with Crippen molar-refractivity contribution < 1.29 is 14.3 Å². The highest BCUT2D eigenvalue weighted by atomic mass is 16.7. The summed E-state index contributed by atoms with van der Waals surface area (Å²) in [7, 11) is 0. The second-order valence-corrected chi connectivity index (χ2v) is 6.49. The number of hydrogen-bond acceptors (Lipinski definition) is 4. The Labute approximate surface area is 127 Å². The molecule has 3 saturated heterocycles. The maximum atomic E-state index is 12.3. The van der Waals surface area contributed by atoms with Crippen molar-refractivity contribution in [1.29, 1.82) is 0 Å². The van der Waals surface area contributed by atoms with E-state index in [9.17, 15) is 4.79 Å². The van der Waals surface area contributed by atoms with Gasteiger partial charge in [0.15, 0.2) is 5.79 Å². The van der Waals surface area contributed by atoms with Crippen LogP contribution < -0.4 is 0 Å². The van der Waals surface area contributed by atoms with Gasteiger partial charge in [0.05, 0.1) is 13.2 Å². The quantitative estimate of drug-likeness (QED) is 0.793. The third-order valence-corrected chi connectivity index (χ3v) is 5.03. The Morgan fingerprint density at radius 3 is 2.14 bits per heavy atom. The molecule has 21 heavy (non-hydrogen) atoms. The van der Waals surface area contributed by atoms with Gasteiger partial charge >= 0.3 is 0 Å². The zero-order valence-corrected chi connectivity index (χ0v) is 13.0. The molecule has 3 fully saturated rings. The minimum Gasteiger partial charge on any atom is -0.347 e. The molecule has 3 aliphatic heterocycles. The normalized spacial score (nSPS) is 27.0. The molecule has 5 nitrogen and oxygen atoms in total. The van der Waals surface area contributed by atoms with Crippen LogP contribution in [0.25, 0.3) is 0 Å². The number of ether oxygens (including phenoxy) is 2. The van der Waals surface area contributed by atoms with Gasteiger partial charge in [-0.05, 0) is 12.8 Å². The van der Waals surface area contributed by atoms with E-state index in [-0.39, 0.29) is 5.79 Å². The van der Waals surface area contributed by atoms with Crippen LogP contribution in [0.4, 0.5) is 0 Å². The molecule has 5 heteroatoms. The van der Waals surface area contributed by atoms with E-state index < -0.39 is 0 Å². The molecule has 0 atom stereocenters. The Balaban J connectivity index is 1.38. The van der Waals surface area contributed by atoms with Crippen molar-refractivity contribution in [1.82, 2.24) is 9.80 Å². The van der Waals surface area contributed by atoms with Gasteiger partial charge in [0.2, 0.25) is 5.91 Å². The molecule has 0 unspecified atom stereocenters. The lowest BCUT2D eigenvalue weighted by molar-refractivity contribution is -0.185. The maximum absolute atomic E-state index is 12.3. The average Bonchev–Trinajstić information content (AvgIpc) is 2.79. The highest BCUT2D eigenvalue weighted by molar-refractivity contribution is 5.76. The summed E-state index contributed by atoms with van der Waals surface area (Å²) in [5.41, 5.74) is 0. The second kappa shape index (κ2) is 7.07. The van der Waals surface area contributed by atoms with Gasteiger partial charge in [0.1, 0.15) is 0 Å². The first-order valence-corrected chi connectivity index (χ1v) is 8.56. The lowest BCUT2D eigenvalue weighted by Crippen LogP contribution is -2.46. The van der Waals surface area contributed by atoms with Gasteiger partial charge < -0.3 is 19.3 Å². The molecule has 0 radical (unpaired) electrons. The Bertz CT molecular complexity index is 337. The number of carbonyl (C=O) groups excluding carboxylic acids is 1. The van der Waals surface area contributed by atoms with Crippen LogP contribution in [0.1, 0.15) is 44.9 Å². The molecule has 120 valence electrons. The standard InChI is InChI=1S/C16H28N2O3/c19-15(18-8-3-1-2-4-9-18)5-10-17-11-6-16(7-12-17)20-13-14-21-16/h1-14H2. The van der Waals surface area contributed by atoms with Crippen molar-refractivity contribution in [2.75, 3.05) is 45.9 Å². The Morgan fingerprint density at radius 2 is 1.52 bits per heavy atom. The zero-order valence-electron chi connectivity index (χ0n) is 13.0. The molecule has 0 aromatic heterocycles. The predicted octanol–water partition coefficient (Wildman–Crippen LogP) is 1.62. The van der Waals surface area contributed by atoms with Gasteiger partial charge in [-0.1, -0.05) is 12.8 Å². The summed E-state index contributed by atoms with van der Waals surface area (Å²) in [6.45, 7) is 6.22. The molecule has 0 aliphatic carbocycles. The molecule has 0 saturated carbocycles. The van der Waals surface area contributed by atoms with Crippen molar-refractivity contribution >= 4 is 5.91 Å². The smallest absolute Gasteiger partial charge is 0.223 e. The predicted molar refractivity (Wildman–Crippen MR) is 80.0 cm³/mol. The fourth-order valence-electron chi connectivity index (χ4n) is 3.63. The van der Waals surface area contributed by atoms with Crippen molar-refractivity contribution in [2.45, 2.75) is 50.7 Å². The van der Waals surface area contributed by atoms with Crippen LogP contribution in [-0.4, -0.2) is 67.4 Å². The van der Waals surface area contributed by atoms with Crippen LogP contribution >= 0.6 is 0 Å². The van der Waals surface area contributed by atoms with Crippen LogP contribution in [0.3, 0.4) is 0 Å². The summed E-state index contributed by atoms with van der Waals surface area (Å²) < 4.78 is 11.5. The fraction of sp³-hybridized carbons (Fsp3) is 0.938. The highest BCUT2D eigenvalue weighted by Gasteiger charge is 2.39. The monoisotopic (exact) mass is 296 g/mol. The van der Waals surface area contributed by atoms with E-state index in [1.807, 2.05) is 0 Å². The number of piperidine rings is 1.